The highest BCUT2D eigenvalue weighted by Gasteiger charge is 2.54. The topological polar surface area (TPSA) is 38.8 Å². The molecule has 0 atom stereocenters. The van der Waals surface area contributed by atoms with Crippen molar-refractivity contribution in [2.24, 2.45) is 5.92 Å². The van der Waals surface area contributed by atoms with Crippen molar-refractivity contribution in [3.63, 3.8) is 0 Å². The Balaban J connectivity index is 1.58. The van der Waals surface area contributed by atoms with Gasteiger partial charge < -0.3 is 13.8 Å². The molecule has 0 spiro atoms. The maximum Gasteiger partial charge on any atom is 0.319 e. The van der Waals surface area contributed by atoms with E-state index in [0.29, 0.717) is 11.3 Å². The SMILES string of the molecule is CN1CCC(C(=O)c2ccc(O[Si](c3ccccc3)(c3ccccc3)C(C)(C)C)cc2O[Si](c2ccccc2)(c2ccccc2)C(C)(C)C)CC1. The van der Waals surface area contributed by atoms with Gasteiger partial charge in [-0.25, -0.2) is 0 Å². The third-order valence-electron chi connectivity index (χ3n) is 10.7. The van der Waals surface area contributed by atoms with Crippen molar-refractivity contribution >= 4 is 43.2 Å². The lowest BCUT2D eigenvalue weighted by molar-refractivity contribution is 0.0855. The van der Waals surface area contributed by atoms with E-state index in [4.69, 9.17) is 8.85 Å². The molecule has 0 radical (unpaired) electrons. The molecule has 6 rings (SSSR count). The first-order valence-electron chi connectivity index (χ1n) is 18.3. The van der Waals surface area contributed by atoms with E-state index in [2.05, 4.69) is 175 Å². The summed E-state index contributed by atoms with van der Waals surface area (Å²) in [6.45, 7) is 15.5. The smallest absolute Gasteiger partial charge is 0.319 e. The molecule has 1 heterocycles. The molecular formula is C45H53NO3Si2. The summed E-state index contributed by atoms with van der Waals surface area (Å²) >= 11 is 0. The van der Waals surface area contributed by atoms with Crippen LogP contribution in [0.3, 0.4) is 0 Å². The number of rotatable bonds is 10. The van der Waals surface area contributed by atoms with Gasteiger partial charge in [-0.1, -0.05) is 163 Å². The van der Waals surface area contributed by atoms with Crippen molar-refractivity contribution in [2.75, 3.05) is 20.1 Å². The summed E-state index contributed by atoms with van der Waals surface area (Å²) in [5.41, 5.74) is 0.646. The highest BCUT2D eigenvalue weighted by molar-refractivity contribution is 7.00. The van der Waals surface area contributed by atoms with Crippen molar-refractivity contribution < 1.29 is 13.6 Å². The zero-order valence-corrected chi connectivity index (χ0v) is 33.4. The monoisotopic (exact) mass is 711 g/mol. The van der Waals surface area contributed by atoms with Crippen LogP contribution in [0.2, 0.25) is 10.1 Å². The molecular weight excluding hydrogens is 659 g/mol. The Morgan fingerprint density at radius 1 is 0.569 bits per heavy atom. The van der Waals surface area contributed by atoms with Gasteiger partial charge in [-0.2, -0.15) is 0 Å². The molecule has 1 aliphatic rings. The van der Waals surface area contributed by atoms with E-state index in [1.165, 1.54) is 20.7 Å². The molecule has 1 saturated heterocycles. The number of hydrogen-bond donors (Lipinski definition) is 0. The Hall–Kier alpha value is -4.24. The van der Waals surface area contributed by atoms with Crippen LogP contribution in [0.4, 0.5) is 0 Å². The average molecular weight is 712 g/mol. The lowest BCUT2D eigenvalue weighted by Gasteiger charge is -2.44. The van der Waals surface area contributed by atoms with E-state index >= 15 is 0 Å². The summed E-state index contributed by atoms with van der Waals surface area (Å²) in [7, 11) is -3.90. The summed E-state index contributed by atoms with van der Waals surface area (Å²) in [4.78, 5) is 16.9. The van der Waals surface area contributed by atoms with E-state index in [1.807, 2.05) is 18.2 Å². The Morgan fingerprint density at radius 3 is 1.31 bits per heavy atom. The molecule has 0 saturated carbocycles. The number of Topliss-reactive ketones (excluding diaryl/α,β-unsaturated/α-hetero) is 1. The van der Waals surface area contributed by atoms with Gasteiger partial charge in [0.1, 0.15) is 11.5 Å². The Morgan fingerprint density at radius 2 is 0.941 bits per heavy atom. The van der Waals surface area contributed by atoms with E-state index in [0.717, 1.165) is 31.7 Å². The summed E-state index contributed by atoms with van der Waals surface area (Å²) < 4.78 is 15.2. The van der Waals surface area contributed by atoms with Gasteiger partial charge in [0.05, 0.1) is 5.56 Å². The first-order valence-corrected chi connectivity index (χ1v) is 22.2. The fraction of sp³-hybridized carbons (Fsp3) is 0.311. The molecule has 264 valence electrons. The number of hydrogen-bond acceptors (Lipinski definition) is 4. The maximum atomic E-state index is 14.6. The number of piperidine rings is 1. The van der Waals surface area contributed by atoms with Gasteiger partial charge in [0, 0.05) is 12.0 Å². The van der Waals surface area contributed by atoms with E-state index in [-0.39, 0.29) is 21.8 Å². The highest BCUT2D eigenvalue weighted by atomic mass is 28.4. The number of carbonyl (C=O) groups excluding carboxylic acids is 1. The van der Waals surface area contributed by atoms with Crippen LogP contribution in [0.1, 0.15) is 64.7 Å². The quantitative estimate of drug-likeness (QED) is 0.109. The lowest BCUT2D eigenvalue weighted by atomic mass is 9.88. The van der Waals surface area contributed by atoms with Crippen LogP contribution < -0.4 is 29.6 Å². The van der Waals surface area contributed by atoms with Crippen molar-refractivity contribution in [1.82, 2.24) is 4.90 Å². The fourth-order valence-corrected chi connectivity index (χ4v) is 16.8. The van der Waals surface area contributed by atoms with Gasteiger partial charge in [0.25, 0.3) is 0 Å². The fourth-order valence-electron chi connectivity index (χ4n) is 7.99. The summed E-state index contributed by atoms with van der Waals surface area (Å²) in [6.07, 6.45) is 1.68. The predicted molar refractivity (Wildman–Crippen MR) is 217 cm³/mol. The third-order valence-corrected chi connectivity index (χ3v) is 20.6. The second-order valence-electron chi connectivity index (χ2n) is 16.1. The number of nitrogens with zero attached hydrogens (tertiary/aromatic N) is 1. The molecule has 6 heteroatoms. The highest BCUT2D eigenvalue weighted by Crippen LogP contribution is 2.42. The molecule has 0 amide bonds. The zero-order chi connectivity index (χ0) is 36.3. The molecule has 0 N–H and O–H groups in total. The lowest BCUT2D eigenvalue weighted by Crippen LogP contribution is -2.69. The van der Waals surface area contributed by atoms with Gasteiger partial charge in [-0.3, -0.25) is 4.79 Å². The third kappa shape index (κ3) is 7.14. The summed E-state index contributed by atoms with van der Waals surface area (Å²) in [5, 5.41) is 4.23. The predicted octanol–water partition coefficient (Wildman–Crippen LogP) is 8.09. The van der Waals surface area contributed by atoms with Crippen molar-refractivity contribution in [3.05, 3.63) is 145 Å². The normalized spacial score (nSPS) is 15.0. The number of carbonyl (C=O) groups is 1. The van der Waals surface area contributed by atoms with E-state index in [9.17, 15) is 4.79 Å². The minimum Gasteiger partial charge on any atom is -0.534 e. The van der Waals surface area contributed by atoms with Gasteiger partial charge in [0.15, 0.2) is 5.78 Å². The minimum atomic E-state index is -3.08. The second kappa shape index (κ2) is 14.8. The van der Waals surface area contributed by atoms with E-state index < -0.39 is 16.6 Å². The van der Waals surface area contributed by atoms with Gasteiger partial charge in [-0.15, -0.1) is 0 Å². The van der Waals surface area contributed by atoms with Gasteiger partial charge in [0.2, 0.25) is 0 Å². The van der Waals surface area contributed by atoms with Crippen molar-refractivity contribution in [3.8, 4) is 11.5 Å². The number of ketones is 1. The largest absolute Gasteiger partial charge is 0.534 e. The molecule has 4 nitrogen and oxygen atoms in total. The van der Waals surface area contributed by atoms with Crippen molar-refractivity contribution in [1.29, 1.82) is 0 Å². The Labute approximate surface area is 307 Å². The zero-order valence-electron chi connectivity index (χ0n) is 31.4. The molecule has 0 unspecified atom stereocenters. The molecule has 0 aliphatic carbocycles. The maximum absolute atomic E-state index is 14.6. The molecule has 0 bridgehead atoms. The standard InChI is InChI=1S/C45H53NO3Si2/c1-44(2,3)50(37-20-12-8-13-21-37,38-22-14-9-15-23-38)48-36-28-29-41(43(47)35-30-32-46(7)33-31-35)42(34-36)49-51(45(4,5)6,39-24-16-10-17-25-39)40-26-18-11-19-27-40/h8-29,34-35H,30-33H2,1-7H3. The van der Waals surface area contributed by atoms with Crippen LogP contribution in [-0.2, 0) is 0 Å². The van der Waals surface area contributed by atoms with Crippen LogP contribution >= 0.6 is 0 Å². The van der Waals surface area contributed by atoms with Crippen LogP contribution in [0.15, 0.2) is 140 Å². The molecule has 1 fully saturated rings. The van der Waals surface area contributed by atoms with Crippen LogP contribution in [0, 0.1) is 5.92 Å². The molecule has 5 aromatic rings. The molecule has 0 aromatic heterocycles. The van der Waals surface area contributed by atoms with Crippen LogP contribution in [-0.4, -0.2) is 47.5 Å². The first-order chi connectivity index (χ1) is 24.4. The van der Waals surface area contributed by atoms with Crippen LogP contribution in [0.25, 0.3) is 0 Å². The molecule has 51 heavy (non-hydrogen) atoms. The van der Waals surface area contributed by atoms with Crippen LogP contribution in [0.5, 0.6) is 11.5 Å². The minimum absolute atomic E-state index is 0.0499. The Kier molecular flexibility index (Phi) is 10.6. The number of benzene rings is 5. The number of likely N-dealkylation sites (tertiary alicyclic amines) is 1. The molecule has 5 aromatic carbocycles. The Bertz CT molecular complexity index is 1820. The summed E-state index contributed by atoms with van der Waals surface area (Å²) in [6, 6.07) is 48.8. The van der Waals surface area contributed by atoms with Gasteiger partial charge in [-0.05, 0) is 75.9 Å². The average Bonchev–Trinajstić information content (AvgIpc) is 3.13. The molecule has 1 aliphatic heterocycles. The second-order valence-corrected chi connectivity index (χ2v) is 24.6. The van der Waals surface area contributed by atoms with Gasteiger partial charge >= 0.3 is 16.6 Å². The first kappa shape index (κ1) is 36.6. The van der Waals surface area contributed by atoms with E-state index in [1.54, 1.807) is 0 Å². The summed E-state index contributed by atoms with van der Waals surface area (Å²) in [5.74, 6) is 1.44. The van der Waals surface area contributed by atoms with Crippen molar-refractivity contribution in [2.45, 2.75) is 64.5 Å².